The summed E-state index contributed by atoms with van der Waals surface area (Å²) < 4.78 is 0. The zero-order chi connectivity index (χ0) is 16.1. The van der Waals surface area contributed by atoms with Crippen LogP contribution in [-0.4, -0.2) is 52.9 Å². The van der Waals surface area contributed by atoms with Crippen molar-refractivity contribution in [1.29, 1.82) is 0 Å². The molecule has 0 radical (unpaired) electrons. The highest BCUT2D eigenvalue weighted by molar-refractivity contribution is 5.97. The summed E-state index contributed by atoms with van der Waals surface area (Å²) in [5, 5.41) is 9.77. The molecule has 1 N–H and O–H groups in total. The van der Waals surface area contributed by atoms with E-state index in [0.29, 0.717) is 44.1 Å². The third kappa shape index (κ3) is 3.78. The van der Waals surface area contributed by atoms with E-state index >= 15 is 0 Å². The normalized spacial score (nSPS) is 16.5. The minimum atomic E-state index is -0.174. The highest BCUT2D eigenvalue weighted by atomic mass is 16.3. The van der Waals surface area contributed by atoms with Crippen LogP contribution in [-0.2, 0) is 4.79 Å². The number of benzene rings is 1. The van der Waals surface area contributed by atoms with E-state index in [4.69, 9.17) is 0 Å². The summed E-state index contributed by atoms with van der Waals surface area (Å²) in [6, 6.07) is 6.56. The molecule has 1 heterocycles. The maximum absolute atomic E-state index is 12.4. The van der Waals surface area contributed by atoms with Crippen molar-refractivity contribution >= 4 is 11.8 Å². The second kappa shape index (κ2) is 7.29. The van der Waals surface area contributed by atoms with Gasteiger partial charge in [0.2, 0.25) is 5.91 Å². The van der Waals surface area contributed by atoms with Gasteiger partial charge in [-0.15, -0.1) is 0 Å². The Bertz CT molecular complexity index is 536. The number of para-hydroxylation sites is 1. The lowest BCUT2D eigenvalue weighted by atomic mass is 10.0. The minimum Gasteiger partial charge on any atom is -0.507 e. The van der Waals surface area contributed by atoms with Crippen LogP contribution in [0.15, 0.2) is 24.3 Å². The molecular weight excluding hydrogens is 280 g/mol. The Morgan fingerprint density at radius 2 is 1.73 bits per heavy atom. The quantitative estimate of drug-likeness (QED) is 0.927. The first-order valence-corrected chi connectivity index (χ1v) is 7.88. The Hall–Kier alpha value is -2.04. The molecule has 0 spiro atoms. The van der Waals surface area contributed by atoms with Gasteiger partial charge in [-0.2, -0.15) is 0 Å². The predicted octanol–water partition coefficient (Wildman–Crippen LogP) is 2.11. The largest absolute Gasteiger partial charge is 0.507 e. The SMILES string of the molecule is CCC(C)CC(=O)N1CCN(C(=O)c2ccccc2O)CC1. The standard InChI is InChI=1S/C17H24N2O3/c1-3-13(2)12-16(21)18-8-10-19(11-9-18)17(22)14-6-4-5-7-15(14)20/h4-7,13,20H,3,8-12H2,1-2H3. The fourth-order valence-corrected chi connectivity index (χ4v) is 2.56. The molecule has 1 aliphatic heterocycles. The molecule has 1 atom stereocenters. The lowest BCUT2D eigenvalue weighted by Crippen LogP contribution is -2.50. The number of nitrogens with zero attached hydrogens (tertiary/aromatic N) is 2. The van der Waals surface area contributed by atoms with Crippen LogP contribution < -0.4 is 0 Å². The number of phenolic OH excluding ortho intramolecular Hbond substituents is 1. The van der Waals surface area contributed by atoms with E-state index in [1.54, 1.807) is 23.1 Å². The molecule has 5 heteroatoms. The van der Waals surface area contributed by atoms with E-state index in [1.165, 1.54) is 6.07 Å². The van der Waals surface area contributed by atoms with Crippen LogP contribution in [0.2, 0.25) is 0 Å². The number of piperazine rings is 1. The number of hydrogen-bond acceptors (Lipinski definition) is 3. The molecule has 1 aliphatic rings. The average Bonchev–Trinajstić information content (AvgIpc) is 2.54. The first-order chi connectivity index (χ1) is 10.5. The molecule has 1 unspecified atom stereocenters. The van der Waals surface area contributed by atoms with Gasteiger partial charge in [0, 0.05) is 32.6 Å². The van der Waals surface area contributed by atoms with Crippen molar-refractivity contribution in [1.82, 2.24) is 9.80 Å². The Morgan fingerprint density at radius 1 is 1.14 bits per heavy atom. The minimum absolute atomic E-state index is 0.00257. The maximum atomic E-state index is 12.4. The summed E-state index contributed by atoms with van der Waals surface area (Å²) in [4.78, 5) is 28.1. The molecule has 5 nitrogen and oxygen atoms in total. The lowest BCUT2D eigenvalue weighted by Gasteiger charge is -2.35. The van der Waals surface area contributed by atoms with Crippen LogP contribution in [0.1, 0.15) is 37.0 Å². The number of carbonyl (C=O) groups excluding carboxylic acids is 2. The number of phenols is 1. The van der Waals surface area contributed by atoms with Crippen LogP contribution in [0, 0.1) is 5.92 Å². The third-order valence-corrected chi connectivity index (χ3v) is 4.27. The first kappa shape index (κ1) is 16.3. The Morgan fingerprint density at radius 3 is 2.32 bits per heavy atom. The number of carbonyl (C=O) groups is 2. The van der Waals surface area contributed by atoms with E-state index in [9.17, 15) is 14.7 Å². The summed E-state index contributed by atoms with van der Waals surface area (Å²) in [6.07, 6.45) is 1.57. The molecule has 2 amide bonds. The molecule has 1 fully saturated rings. The van der Waals surface area contributed by atoms with Gasteiger partial charge in [-0.1, -0.05) is 32.4 Å². The second-order valence-electron chi connectivity index (χ2n) is 5.91. The molecule has 0 aromatic heterocycles. The first-order valence-electron chi connectivity index (χ1n) is 7.88. The second-order valence-corrected chi connectivity index (χ2v) is 5.91. The summed E-state index contributed by atoms with van der Waals surface area (Å²) >= 11 is 0. The van der Waals surface area contributed by atoms with Crippen LogP contribution in [0.5, 0.6) is 5.75 Å². The zero-order valence-electron chi connectivity index (χ0n) is 13.3. The van der Waals surface area contributed by atoms with Crippen LogP contribution in [0.4, 0.5) is 0 Å². The lowest BCUT2D eigenvalue weighted by molar-refractivity contribution is -0.133. The molecule has 2 rings (SSSR count). The molecule has 1 aromatic carbocycles. The van der Waals surface area contributed by atoms with Crippen molar-refractivity contribution in [3.63, 3.8) is 0 Å². The molecule has 0 saturated carbocycles. The summed E-state index contributed by atoms with van der Waals surface area (Å²) in [5.74, 6) is 0.396. The van der Waals surface area contributed by atoms with Crippen molar-refractivity contribution in [3.05, 3.63) is 29.8 Å². The van der Waals surface area contributed by atoms with E-state index in [1.807, 2.05) is 4.90 Å². The van der Waals surface area contributed by atoms with Gasteiger partial charge >= 0.3 is 0 Å². The summed E-state index contributed by atoms with van der Waals surface area (Å²) in [7, 11) is 0. The molecular formula is C17H24N2O3. The number of amides is 2. The Balaban J connectivity index is 1.91. The fraction of sp³-hybridized carbons (Fsp3) is 0.529. The number of hydrogen-bond donors (Lipinski definition) is 1. The van der Waals surface area contributed by atoms with Crippen LogP contribution in [0.25, 0.3) is 0 Å². The highest BCUT2D eigenvalue weighted by Gasteiger charge is 2.26. The van der Waals surface area contributed by atoms with E-state index in [-0.39, 0.29) is 17.6 Å². The van der Waals surface area contributed by atoms with Crippen LogP contribution >= 0.6 is 0 Å². The van der Waals surface area contributed by atoms with Gasteiger partial charge < -0.3 is 14.9 Å². The Kier molecular flexibility index (Phi) is 5.41. The van der Waals surface area contributed by atoms with Gasteiger partial charge in [0.25, 0.3) is 5.91 Å². The highest BCUT2D eigenvalue weighted by Crippen LogP contribution is 2.19. The number of rotatable bonds is 4. The Labute approximate surface area is 131 Å². The van der Waals surface area contributed by atoms with Gasteiger partial charge in [0.1, 0.15) is 5.75 Å². The molecule has 1 aromatic rings. The number of aromatic hydroxyl groups is 1. The van der Waals surface area contributed by atoms with E-state index < -0.39 is 0 Å². The zero-order valence-corrected chi connectivity index (χ0v) is 13.3. The van der Waals surface area contributed by atoms with Gasteiger partial charge in [-0.05, 0) is 18.1 Å². The molecule has 120 valence electrons. The van der Waals surface area contributed by atoms with E-state index in [2.05, 4.69) is 13.8 Å². The van der Waals surface area contributed by atoms with Crippen molar-refractivity contribution in [2.45, 2.75) is 26.7 Å². The van der Waals surface area contributed by atoms with Crippen molar-refractivity contribution < 1.29 is 14.7 Å². The molecule has 1 saturated heterocycles. The van der Waals surface area contributed by atoms with Crippen molar-refractivity contribution in [2.75, 3.05) is 26.2 Å². The molecule has 0 bridgehead atoms. The average molecular weight is 304 g/mol. The van der Waals surface area contributed by atoms with Gasteiger partial charge in [0.15, 0.2) is 0 Å². The topological polar surface area (TPSA) is 60.9 Å². The predicted molar refractivity (Wildman–Crippen MR) is 84.7 cm³/mol. The van der Waals surface area contributed by atoms with Gasteiger partial charge in [-0.3, -0.25) is 9.59 Å². The summed E-state index contributed by atoms with van der Waals surface area (Å²) in [5.41, 5.74) is 0.321. The fourth-order valence-electron chi connectivity index (χ4n) is 2.56. The molecule has 22 heavy (non-hydrogen) atoms. The van der Waals surface area contributed by atoms with Gasteiger partial charge in [0.05, 0.1) is 5.56 Å². The monoisotopic (exact) mass is 304 g/mol. The van der Waals surface area contributed by atoms with Crippen molar-refractivity contribution in [2.24, 2.45) is 5.92 Å². The van der Waals surface area contributed by atoms with Gasteiger partial charge in [-0.25, -0.2) is 0 Å². The maximum Gasteiger partial charge on any atom is 0.257 e. The van der Waals surface area contributed by atoms with Crippen LogP contribution in [0.3, 0.4) is 0 Å². The van der Waals surface area contributed by atoms with E-state index in [0.717, 1.165) is 6.42 Å². The van der Waals surface area contributed by atoms with Crippen molar-refractivity contribution in [3.8, 4) is 5.75 Å². The molecule has 0 aliphatic carbocycles. The third-order valence-electron chi connectivity index (χ3n) is 4.27. The smallest absolute Gasteiger partial charge is 0.257 e. The summed E-state index contributed by atoms with van der Waals surface area (Å²) in [6.45, 7) is 6.32.